The van der Waals surface area contributed by atoms with Gasteiger partial charge in [0.05, 0.1) is 6.54 Å². The van der Waals surface area contributed by atoms with Crippen LogP contribution in [0, 0.1) is 5.92 Å². The summed E-state index contributed by atoms with van der Waals surface area (Å²) in [7, 11) is -3.51. The first-order valence-corrected chi connectivity index (χ1v) is 9.62. The van der Waals surface area contributed by atoms with Crippen molar-refractivity contribution in [2.75, 3.05) is 24.6 Å². The van der Waals surface area contributed by atoms with Crippen molar-refractivity contribution in [2.24, 2.45) is 5.92 Å². The second kappa shape index (κ2) is 7.49. The van der Waals surface area contributed by atoms with Gasteiger partial charge in [-0.3, -0.25) is 0 Å². The molecule has 0 aromatic carbocycles. The summed E-state index contributed by atoms with van der Waals surface area (Å²) in [6.45, 7) is 4.03. The molecule has 1 aromatic heterocycles. The van der Waals surface area contributed by atoms with E-state index < -0.39 is 10.0 Å². The van der Waals surface area contributed by atoms with Crippen molar-refractivity contribution in [3.63, 3.8) is 0 Å². The lowest BCUT2D eigenvalue weighted by Crippen LogP contribution is -2.29. The molecule has 0 saturated carbocycles. The van der Waals surface area contributed by atoms with Gasteiger partial charge in [0.1, 0.15) is 5.76 Å². The molecule has 1 aromatic rings. The highest BCUT2D eigenvalue weighted by Crippen LogP contribution is 2.23. The normalized spacial score (nSPS) is 19.6. The Morgan fingerprint density at radius 2 is 2.30 bits per heavy atom. The smallest absolute Gasteiger partial charge is 0.273 e. The summed E-state index contributed by atoms with van der Waals surface area (Å²) in [5.41, 5.74) is 0. The molecule has 1 unspecified atom stereocenters. The van der Waals surface area contributed by atoms with Gasteiger partial charge in [-0.05, 0) is 48.9 Å². The second-order valence-corrected chi connectivity index (χ2v) is 7.83. The number of furan rings is 1. The monoisotopic (exact) mass is 318 g/mol. The molecule has 0 aliphatic carbocycles. The molecule has 1 aliphatic heterocycles. The average Bonchev–Trinajstić information content (AvgIpc) is 3.08. The Bertz CT molecular complexity index is 507. The molecule has 2 N–H and O–H groups in total. The topological polar surface area (TPSA) is 71.3 Å². The lowest BCUT2D eigenvalue weighted by Gasteiger charge is -2.09. The second-order valence-electron chi connectivity index (χ2n) is 4.98. The zero-order valence-electron chi connectivity index (χ0n) is 11.7. The maximum Gasteiger partial charge on any atom is 0.273 e. The van der Waals surface area contributed by atoms with Crippen LogP contribution in [0.1, 0.15) is 25.5 Å². The Kier molecular flexibility index (Phi) is 5.95. The van der Waals surface area contributed by atoms with Gasteiger partial charge in [0, 0.05) is 6.54 Å². The molecule has 0 amide bonds. The largest absolute Gasteiger partial charge is 0.447 e. The average molecular weight is 318 g/mol. The Morgan fingerprint density at radius 3 is 3.00 bits per heavy atom. The highest BCUT2D eigenvalue weighted by atomic mass is 32.2. The first-order chi connectivity index (χ1) is 9.62. The molecule has 1 aliphatic rings. The van der Waals surface area contributed by atoms with Gasteiger partial charge in [-0.25, -0.2) is 13.1 Å². The minimum absolute atomic E-state index is 0.0106. The molecule has 0 radical (unpaired) electrons. The lowest BCUT2D eigenvalue weighted by atomic mass is 10.1. The maximum atomic E-state index is 12.1. The van der Waals surface area contributed by atoms with Crippen LogP contribution in [0.5, 0.6) is 0 Å². The van der Waals surface area contributed by atoms with E-state index in [0.29, 0.717) is 24.8 Å². The van der Waals surface area contributed by atoms with Crippen LogP contribution < -0.4 is 10.0 Å². The molecule has 2 heterocycles. The van der Waals surface area contributed by atoms with Gasteiger partial charge >= 0.3 is 0 Å². The number of nitrogens with one attached hydrogen (secondary N) is 2. The molecule has 1 atom stereocenters. The summed E-state index contributed by atoms with van der Waals surface area (Å²) >= 11 is 1.88. The van der Waals surface area contributed by atoms with Gasteiger partial charge in [0.2, 0.25) is 5.09 Å². The van der Waals surface area contributed by atoms with Crippen LogP contribution in [-0.2, 0) is 16.6 Å². The number of rotatable bonds is 8. The molecule has 0 spiro atoms. The third-order valence-electron chi connectivity index (χ3n) is 3.21. The van der Waals surface area contributed by atoms with E-state index in [4.69, 9.17) is 4.42 Å². The predicted octanol–water partition coefficient (Wildman–Crippen LogP) is 1.81. The predicted molar refractivity (Wildman–Crippen MR) is 81.3 cm³/mol. The van der Waals surface area contributed by atoms with E-state index in [1.165, 1.54) is 6.07 Å². The van der Waals surface area contributed by atoms with Crippen LogP contribution in [0.3, 0.4) is 0 Å². The molecule has 2 rings (SSSR count). The summed E-state index contributed by atoms with van der Waals surface area (Å²) in [5, 5.41) is 3.19. The fourth-order valence-corrected chi connectivity index (χ4v) is 4.37. The maximum absolute atomic E-state index is 12.1. The standard InChI is InChI=1S/C13H22N2O3S2/c1-2-6-14-9-12-3-4-13(18-12)20(16,17)15-8-11-5-7-19-10-11/h3-4,11,14-15H,2,5-10H2,1H3. The molecule has 1 fully saturated rings. The van der Waals surface area contributed by atoms with E-state index in [9.17, 15) is 8.42 Å². The van der Waals surface area contributed by atoms with Crippen LogP contribution in [0.25, 0.3) is 0 Å². The molecule has 7 heteroatoms. The van der Waals surface area contributed by atoms with Crippen LogP contribution in [0.2, 0.25) is 0 Å². The molecular weight excluding hydrogens is 296 g/mol. The minimum Gasteiger partial charge on any atom is -0.447 e. The minimum atomic E-state index is -3.51. The summed E-state index contributed by atoms with van der Waals surface area (Å²) in [4.78, 5) is 0. The van der Waals surface area contributed by atoms with Crippen molar-refractivity contribution in [3.8, 4) is 0 Å². The quantitative estimate of drug-likeness (QED) is 0.715. The Hall–Kier alpha value is -0.500. The van der Waals surface area contributed by atoms with E-state index in [-0.39, 0.29) is 5.09 Å². The number of thioether (sulfide) groups is 1. The zero-order valence-corrected chi connectivity index (χ0v) is 13.4. The Balaban J connectivity index is 1.88. The fraction of sp³-hybridized carbons (Fsp3) is 0.692. The van der Waals surface area contributed by atoms with E-state index >= 15 is 0 Å². The van der Waals surface area contributed by atoms with Gasteiger partial charge in [-0.2, -0.15) is 11.8 Å². The SMILES string of the molecule is CCCNCc1ccc(S(=O)(=O)NCC2CCSC2)o1. The molecule has 5 nitrogen and oxygen atoms in total. The van der Waals surface area contributed by atoms with Crippen molar-refractivity contribution in [2.45, 2.75) is 31.4 Å². The van der Waals surface area contributed by atoms with Crippen LogP contribution in [0.15, 0.2) is 21.6 Å². The number of sulfonamides is 1. The van der Waals surface area contributed by atoms with Gasteiger partial charge in [-0.15, -0.1) is 0 Å². The Labute approximate surface area is 124 Å². The molecule has 20 heavy (non-hydrogen) atoms. The fourth-order valence-electron chi connectivity index (χ4n) is 2.03. The van der Waals surface area contributed by atoms with Crippen molar-refractivity contribution < 1.29 is 12.8 Å². The van der Waals surface area contributed by atoms with Gasteiger partial charge in [0.15, 0.2) is 0 Å². The van der Waals surface area contributed by atoms with E-state index in [0.717, 1.165) is 30.9 Å². The summed E-state index contributed by atoms with van der Waals surface area (Å²) in [5.74, 6) is 3.25. The van der Waals surface area contributed by atoms with E-state index in [1.807, 2.05) is 11.8 Å². The van der Waals surface area contributed by atoms with Crippen molar-refractivity contribution >= 4 is 21.8 Å². The molecule has 0 bridgehead atoms. The van der Waals surface area contributed by atoms with Crippen molar-refractivity contribution in [3.05, 3.63) is 17.9 Å². The molecule has 114 valence electrons. The van der Waals surface area contributed by atoms with Crippen LogP contribution in [0.4, 0.5) is 0 Å². The van der Waals surface area contributed by atoms with Gasteiger partial charge in [0.25, 0.3) is 10.0 Å². The molecular formula is C13H22N2O3S2. The van der Waals surface area contributed by atoms with Crippen molar-refractivity contribution in [1.82, 2.24) is 10.0 Å². The summed E-state index contributed by atoms with van der Waals surface area (Å²) < 4.78 is 32.2. The number of hydrogen-bond donors (Lipinski definition) is 2. The van der Waals surface area contributed by atoms with Gasteiger partial charge in [-0.1, -0.05) is 6.92 Å². The molecule has 1 saturated heterocycles. The third kappa shape index (κ3) is 4.51. The third-order valence-corrected chi connectivity index (χ3v) is 5.74. The van der Waals surface area contributed by atoms with Crippen LogP contribution >= 0.6 is 11.8 Å². The summed E-state index contributed by atoms with van der Waals surface area (Å²) in [6.07, 6.45) is 2.12. The Morgan fingerprint density at radius 1 is 1.45 bits per heavy atom. The van der Waals surface area contributed by atoms with Gasteiger partial charge < -0.3 is 9.73 Å². The number of hydrogen-bond acceptors (Lipinski definition) is 5. The van der Waals surface area contributed by atoms with Crippen LogP contribution in [-0.4, -0.2) is 33.0 Å². The zero-order chi connectivity index (χ0) is 14.4. The highest BCUT2D eigenvalue weighted by Gasteiger charge is 2.22. The summed E-state index contributed by atoms with van der Waals surface area (Å²) in [6, 6.07) is 3.23. The van der Waals surface area contributed by atoms with E-state index in [2.05, 4.69) is 17.0 Å². The lowest BCUT2D eigenvalue weighted by molar-refractivity contribution is 0.398. The first kappa shape index (κ1) is 15.9. The van der Waals surface area contributed by atoms with E-state index in [1.54, 1.807) is 6.07 Å². The highest BCUT2D eigenvalue weighted by molar-refractivity contribution is 7.99. The first-order valence-electron chi connectivity index (χ1n) is 6.98. The van der Waals surface area contributed by atoms with Crippen molar-refractivity contribution in [1.29, 1.82) is 0 Å².